The quantitative estimate of drug-likeness (QED) is 0.859. The molecule has 0 aliphatic rings. The minimum absolute atomic E-state index is 0.0444. The molecule has 0 aromatic heterocycles. The van der Waals surface area contributed by atoms with Crippen molar-refractivity contribution in [3.05, 3.63) is 28.8 Å². The Kier molecular flexibility index (Phi) is 4.99. The van der Waals surface area contributed by atoms with Gasteiger partial charge in [0.25, 0.3) is 5.91 Å². The van der Waals surface area contributed by atoms with Gasteiger partial charge < -0.3 is 15.8 Å². The highest BCUT2D eigenvalue weighted by molar-refractivity contribution is 6.31. The lowest BCUT2D eigenvalue weighted by atomic mass is 10.1. The van der Waals surface area contributed by atoms with Crippen LogP contribution in [0.5, 0.6) is 5.75 Å². The van der Waals surface area contributed by atoms with Crippen LogP contribution in [-0.4, -0.2) is 24.6 Å². The molecule has 1 rings (SSSR count). The molecule has 0 saturated carbocycles. The zero-order valence-corrected chi connectivity index (χ0v) is 11.7. The second-order valence-electron chi connectivity index (χ2n) is 4.92. The zero-order valence-electron chi connectivity index (χ0n) is 10.9. The number of carbonyl (C=O) groups is 1. The van der Waals surface area contributed by atoms with Crippen LogP contribution in [-0.2, 0) is 4.79 Å². The van der Waals surface area contributed by atoms with E-state index in [4.69, 9.17) is 22.1 Å². The van der Waals surface area contributed by atoms with E-state index in [-0.39, 0.29) is 12.5 Å². The van der Waals surface area contributed by atoms with Gasteiger partial charge in [0.15, 0.2) is 6.61 Å². The second kappa shape index (κ2) is 6.07. The van der Waals surface area contributed by atoms with Crippen molar-refractivity contribution in [2.75, 3.05) is 13.2 Å². The highest BCUT2D eigenvalue weighted by Gasteiger charge is 2.13. The normalized spacial score (nSPS) is 11.2. The van der Waals surface area contributed by atoms with Gasteiger partial charge in [0.1, 0.15) is 5.75 Å². The summed E-state index contributed by atoms with van der Waals surface area (Å²) in [4.78, 5) is 11.5. The van der Waals surface area contributed by atoms with Crippen molar-refractivity contribution in [1.82, 2.24) is 5.32 Å². The minimum atomic E-state index is -0.429. The maximum Gasteiger partial charge on any atom is 0.258 e. The third-order valence-electron chi connectivity index (χ3n) is 2.32. The Labute approximate surface area is 112 Å². The van der Waals surface area contributed by atoms with Crippen LogP contribution in [0, 0.1) is 6.92 Å². The Bertz CT molecular complexity index is 427. The van der Waals surface area contributed by atoms with E-state index in [0.717, 1.165) is 5.56 Å². The smallest absolute Gasteiger partial charge is 0.258 e. The standard InChI is InChI=1S/C13H19ClN2O2/c1-9-10(14)5-4-6-11(9)18-7-12(17)16-8-13(2,3)15/h4-6H,7-8,15H2,1-3H3,(H,16,17). The van der Waals surface area contributed by atoms with Gasteiger partial charge in [-0.3, -0.25) is 4.79 Å². The molecule has 4 nitrogen and oxygen atoms in total. The van der Waals surface area contributed by atoms with E-state index < -0.39 is 5.54 Å². The summed E-state index contributed by atoms with van der Waals surface area (Å²) in [7, 11) is 0. The summed E-state index contributed by atoms with van der Waals surface area (Å²) in [5.74, 6) is 0.414. The lowest BCUT2D eigenvalue weighted by Gasteiger charge is -2.19. The van der Waals surface area contributed by atoms with Crippen LogP contribution in [0.3, 0.4) is 0 Å². The Hall–Kier alpha value is -1.26. The molecule has 0 unspecified atom stereocenters. The number of hydrogen-bond donors (Lipinski definition) is 2. The molecule has 3 N–H and O–H groups in total. The lowest BCUT2D eigenvalue weighted by Crippen LogP contribution is -2.46. The molecule has 5 heteroatoms. The van der Waals surface area contributed by atoms with Crippen LogP contribution in [0.25, 0.3) is 0 Å². The Balaban J connectivity index is 2.46. The van der Waals surface area contributed by atoms with Gasteiger partial charge in [-0.05, 0) is 32.9 Å². The van der Waals surface area contributed by atoms with E-state index in [0.29, 0.717) is 17.3 Å². The predicted octanol–water partition coefficient (Wildman–Crippen LogP) is 1.88. The van der Waals surface area contributed by atoms with E-state index in [1.165, 1.54) is 0 Å². The van der Waals surface area contributed by atoms with Crippen LogP contribution in [0.1, 0.15) is 19.4 Å². The fraction of sp³-hybridized carbons (Fsp3) is 0.462. The first-order valence-electron chi connectivity index (χ1n) is 5.73. The van der Waals surface area contributed by atoms with Crippen LogP contribution in [0.15, 0.2) is 18.2 Å². The van der Waals surface area contributed by atoms with E-state index in [1.807, 2.05) is 20.8 Å². The van der Waals surface area contributed by atoms with E-state index in [9.17, 15) is 4.79 Å². The van der Waals surface area contributed by atoms with Gasteiger partial charge in [0, 0.05) is 22.7 Å². The first-order chi connectivity index (χ1) is 8.29. The predicted molar refractivity (Wildman–Crippen MR) is 73.0 cm³/mol. The lowest BCUT2D eigenvalue weighted by molar-refractivity contribution is -0.123. The Morgan fingerprint density at radius 3 is 2.78 bits per heavy atom. The fourth-order valence-corrected chi connectivity index (χ4v) is 1.43. The summed E-state index contributed by atoms with van der Waals surface area (Å²) in [6.45, 7) is 5.89. The van der Waals surface area contributed by atoms with Crippen molar-refractivity contribution < 1.29 is 9.53 Å². The van der Waals surface area contributed by atoms with Gasteiger partial charge >= 0.3 is 0 Å². The summed E-state index contributed by atoms with van der Waals surface area (Å²) in [5, 5.41) is 3.33. The van der Waals surface area contributed by atoms with Gasteiger partial charge in [0.05, 0.1) is 0 Å². The molecule has 18 heavy (non-hydrogen) atoms. The molecule has 0 radical (unpaired) electrons. The Morgan fingerprint density at radius 2 is 2.17 bits per heavy atom. The van der Waals surface area contributed by atoms with Gasteiger partial charge in [-0.25, -0.2) is 0 Å². The average molecular weight is 271 g/mol. The summed E-state index contributed by atoms with van der Waals surface area (Å²) < 4.78 is 5.41. The number of benzene rings is 1. The minimum Gasteiger partial charge on any atom is -0.483 e. The molecule has 100 valence electrons. The van der Waals surface area contributed by atoms with Gasteiger partial charge in [-0.1, -0.05) is 17.7 Å². The number of nitrogens with one attached hydrogen (secondary N) is 1. The third-order valence-corrected chi connectivity index (χ3v) is 2.73. The number of carbonyl (C=O) groups excluding carboxylic acids is 1. The highest BCUT2D eigenvalue weighted by atomic mass is 35.5. The molecule has 0 atom stereocenters. The van der Waals surface area contributed by atoms with Crippen molar-refractivity contribution in [1.29, 1.82) is 0 Å². The number of rotatable bonds is 5. The van der Waals surface area contributed by atoms with E-state index >= 15 is 0 Å². The first-order valence-corrected chi connectivity index (χ1v) is 6.11. The maximum absolute atomic E-state index is 11.5. The van der Waals surface area contributed by atoms with Crippen LogP contribution in [0.2, 0.25) is 5.02 Å². The fourth-order valence-electron chi connectivity index (χ4n) is 1.26. The third kappa shape index (κ3) is 4.94. The average Bonchev–Trinajstić information content (AvgIpc) is 2.27. The molecule has 0 heterocycles. The van der Waals surface area contributed by atoms with E-state index in [1.54, 1.807) is 18.2 Å². The molecular formula is C13H19ClN2O2. The first kappa shape index (κ1) is 14.8. The SMILES string of the molecule is Cc1c(Cl)cccc1OCC(=O)NCC(C)(C)N. The molecule has 1 aromatic rings. The molecule has 1 aromatic carbocycles. The molecular weight excluding hydrogens is 252 g/mol. The number of ether oxygens (including phenoxy) is 1. The topological polar surface area (TPSA) is 64.3 Å². The van der Waals surface area contributed by atoms with Gasteiger partial charge in [-0.2, -0.15) is 0 Å². The second-order valence-corrected chi connectivity index (χ2v) is 5.32. The van der Waals surface area contributed by atoms with Crippen LogP contribution < -0.4 is 15.8 Å². The maximum atomic E-state index is 11.5. The van der Waals surface area contributed by atoms with Crippen molar-refractivity contribution in [3.63, 3.8) is 0 Å². The molecule has 0 spiro atoms. The van der Waals surface area contributed by atoms with Crippen molar-refractivity contribution >= 4 is 17.5 Å². The Morgan fingerprint density at radius 1 is 1.50 bits per heavy atom. The highest BCUT2D eigenvalue weighted by Crippen LogP contribution is 2.24. The number of hydrogen-bond acceptors (Lipinski definition) is 3. The number of nitrogens with two attached hydrogens (primary N) is 1. The van der Waals surface area contributed by atoms with Crippen molar-refractivity contribution in [2.45, 2.75) is 26.3 Å². The molecule has 0 aliphatic heterocycles. The van der Waals surface area contributed by atoms with Crippen molar-refractivity contribution in [3.8, 4) is 5.75 Å². The molecule has 0 fully saturated rings. The summed E-state index contributed by atoms with van der Waals surface area (Å²) in [6.07, 6.45) is 0. The molecule has 0 aliphatic carbocycles. The van der Waals surface area contributed by atoms with Crippen LogP contribution >= 0.6 is 11.6 Å². The molecule has 0 bridgehead atoms. The summed E-state index contributed by atoms with van der Waals surface area (Å²) >= 11 is 5.95. The number of halogens is 1. The van der Waals surface area contributed by atoms with Gasteiger partial charge in [0.2, 0.25) is 0 Å². The molecule has 1 amide bonds. The monoisotopic (exact) mass is 270 g/mol. The largest absolute Gasteiger partial charge is 0.483 e. The van der Waals surface area contributed by atoms with Crippen molar-refractivity contribution in [2.24, 2.45) is 5.73 Å². The van der Waals surface area contributed by atoms with E-state index in [2.05, 4.69) is 5.32 Å². The number of amides is 1. The van der Waals surface area contributed by atoms with Gasteiger partial charge in [-0.15, -0.1) is 0 Å². The summed E-state index contributed by atoms with van der Waals surface area (Å²) in [6, 6.07) is 5.34. The molecule has 0 saturated heterocycles. The summed E-state index contributed by atoms with van der Waals surface area (Å²) in [5.41, 5.74) is 6.16. The zero-order chi connectivity index (χ0) is 13.8. The van der Waals surface area contributed by atoms with Crippen LogP contribution in [0.4, 0.5) is 0 Å².